The van der Waals surface area contributed by atoms with Crippen molar-refractivity contribution in [3.8, 4) is 0 Å². The SMILES string of the molecule is CCC1Sc2ccc(S(=O)(=O)CCC(=O)Nc3cccc(Cl)c3)cc2NC1=O. The van der Waals surface area contributed by atoms with Crippen molar-refractivity contribution < 1.29 is 18.0 Å². The zero-order valence-corrected chi connectivity index (χ0v) is 17.5. The number of anilines is 2. The highest BCUT2D eigenvalue weighted by atomic mass is 35.5. The van der Waals surface area contributed by atoms with E-state index in [0.717, 1.165) is 4.90 Å². The maximum Gasteiger partial charge on any atom is 0.237 e. The molecule has 1 aliphatic rings. The van der Waals surface area contributed by atoms with Crippen LogP contribution in [-0.4, -0.2) is 31.2 Å². The van der Waals surface area contributed by atoms with Crippen LogP contribution in [0.2, 0.25) is 5.02 Å². The topological polar surface area (TPSA) is 92.3 Å². The number of hydrogen-bond acceptors (Lipinski definition) is 5. The van der Waals surface area contributed by atoms with Gasteiger partial charge < -0.3 is 10.6 Å². The quantitative estimate of drug-likeness (QED) is 0.712. The molecule has 3 rings (SSSR count). The number of sulfone groups is 1. The molecule has 1 atom stereocenters. The molecule has 1 heterocycles. The Hall–Kier alpha value is -2.03. The van der Waals surface area contributed by atoms with Gasteiger partial charge in [-0.3, -0.25) is 9.59 Å². The molecule has 0 saturated carbocycles. The number of thioether (sulfide) groups is 1. The zero-order valence-electron chi connectivity index (χ0n) is 15.1. The van der Waals surface area contributed by atoms with Gasteiger partial charge in [0.15, 0.2) is 9.84 Å². The molecule has 148 valence electrons. The van der Waals surface area contributed by atoms with Gasteiger partial charge in [0.2, 0.25) is 11.8 Å². The fourth-order valence-corrected chi connectivity index (χ4v) is 5.20. The van der Waals surface area contributed by atoms with Crippen molar-refractivity contribution in [2.45, 2.75) is 34.8 Å². The molecule has 6 nitrogen and oxygen atoms in total. The third-order valence-electron chi connectivity index (χ3n) is 4.21. The van der Waals surface area contributed by atoms with Gasteiger partial charge in [0, 0.05) is 22.0 Å². The largest absolute Gasteiger partial charge is 0.326 e. The van der Waals surface area contributed by atoms with Crippen molar-refractivity contribution in [2.75, 3.05) is 16.4 Å². The molecule has 9 heteroatoms. The van der Waals surface area contributed by atoms with Gasteiger partial charge in [0.05, 0.1) is 21.6 Å². The predicted octanol–water partition coefficient (Wildman–Crippen LogP) is 3.97. The van der Waals surface area contributed by atoms with E-state index in [1.54, 1.807) is 30.3 Å². The van der Waals surface area contributed by atoms with Crippen LogP contribution in [0.25, 0.3) is 0 Å². The summed E-state index contributed by atoms with van der Waals surface area (Å²) in [7, 11) is -3.67. The van der Waals surface area contributed by atoms with Gasteiger partial charge in [-0.15, -0.1) is 11.8 Å². The number of carbonyl (C=O) groups is 2. The lowest BCUT2D eigenvalue weighted by Gasteiger charge is -2.23. The Morgan fingerprint density at radius 3 is 2.75 bits per heavy atom. The highest BCUT2D eigenvalue weighted by Crippen LogP contribution is 2.38. The van der Waals surface area contributed by atoms with E-state index in [9.17, 15) is 18.0 Å². The van der Waals surface area contributed by atoms with Crippen molar-refractivity contribution >= 4 is 56.4 Å². The average Bonchev–Trinajstić information content (AvgIpc) is 2.65. The molecule has 2 aromatic rings. The minimum absolute atomic E-state index is 0.0812. The second kappa shape index (κ2) is 8.55. The lowest BCUT2D eigenvalue weighted by atomic mass is 10.2. The summed E-state index contributed by atoms with van der Waals surface area (Å²) in [5.41, 5.74) is 0.998. The maximum absolute atomic E-state index is 12.6. The van der Waals surface area contributed by atoms with Gasteiger partial charge in [-0.1, -0.05) is 24.6 Å². The summed E-state index contributed by atoms with van der Waals surface area (Å²) in [5, 5.41) is 5.69. The lowest BCUT2D eigenvalue weighted by molar-refractivity contribution is -0.116. The van der Waals surface area contributed by atoms with Crippen LogP contribution in [0.3, 0.4) is 0 Å². The van der Waals surface area contributed by atoms with Crippen LogP contribution in [0.15, 0.2) is 52.3 Å². The predicted molar refractivity (Wildman–Crippen MR) is 112 cm³/mol. The first-order chi connectivity index (χ1) is 13.3. The van der Waals surface area contributed by atoms with Crippen LogP contribution in [0, 0.1) is 0 Å². The number of halogens is 1. The first-order valence-corrected chi connectivity index (χ1v) is 11.6. The zero-order chi connectivity index (χ0) is 20.3. The summed E-state index contributed by atoms with van der Waals surface area (Å²) in [6.07, 6.45) is 0.503. The van der Waals surface area contributed by atoms with Crippen LogP contribution >= 0.6 is 23.4 Å². The summed E-state index contributed by atoms with van der Waals surface area (Å²) >= 11 is 7.29. The molecule has 0 aromatic heterocycles. The van der Waals surface area contributed by atoms with E-state index in [2.05, 4.69) is 10.6 Å². The Labute approximate surface area is 173 Å². The molecule has 0 fully saturated rings. The number of carbonyl (C=O) groups excluding carboxylic acids is 2. The first-order valence-electron chi connectivity index (χ1n) is 8.68. The van der Waals surface area contributed by atoms with Crippen LogP contribution in [0.1, 0.15) is 19.8 Å². The molecule has 28 heavy (non-hydrogen) atoms. The lowest BCUT2D eigenvalue weighted by Crippen LogP contribution is -2.28. The molecular formula is C19H19ClN2O4S2. The Bertz CT molecular complexity index is 1020. The van der Waals surface area contributed by atoms with E-state index < -0.39 is 15.7 Å². The van der Waals surface area contributed by atoms with Gasteiger partial charge in [-0.2, -0.15) is 0 Å². The van der Waals surface area contributed by atoms with Crippen LogP contribution in [-0.2, 0) is 19.4 Å². The molecule has 1 unspecified atom stereocenters. The van der Waals surface area contributed by atoms with E-state index in [-0.39, 0.29) is 28.2 Å². The molecule has 0 spiro atoms. The Morgan fingerprint density at radius 2 is 2.04 bits per heavy atom. The fourth-order valence-electron chi connectivity index (χ4n) is 2.73. The molecule has 0 saturated heterocycles. The van der Waals surface area contributed by atoms with E-state index >= 15 is 0 Å². The second-order valence-corrected chi connectivity index (χ2v) is 10.1. The van der Waals surface area contributed by atoms with Gasteiger partial charge in [-0.25, -0.2) is 8.42 Å². The Balaban J connectivity index is 1.67. The van der Waals surface area contributed by atoms with Crippen molar-refractivity contribution in [1.82, 2.24) is 0 Å². The minimum Gasteiger partial charge on any atom is -0.326 e. The van der Waals surface area contributed by atoms with Crippen molar-refractivity contribution in [2.24, 2.45) is 0 Å². The van der Waals surface area contributed by atoms with E-state index in [0.29, 0.717) is 22.8 Å². The summed E-state index contributed by atoms with van der Waals surface area (Å²) in [5.74, 6) is -0.884. The van der Waals surface area contributed by atoms with E-state index in [1.807, 2.05) is 6.92 Å². The van der Waals surface area contributed by atoms with Crippen LogP contribution < -0.4 is 10.6 Å². The van der Waals surface area contributed by atoms with Crippen molar-refractivity contribution in [1.29, 1.82) is 0 Å². The molecule has 0 bridgehead atoms. The van der Waals surface area contributed by atoms with E-state index in [1.165, 1.54) is 23.9 Å². The highest BCUT2D eigenvalue weighted by molar-refractivity contribution is 8.01. The first kappa shape index (κ1) is 20.7. The van der Waals surface area contributed by atoms with Gasteiger partial charge in [-0.05, 0) is 42.8 Å². The molecule has 2 amide bonds. The number of hydrogen-bond donors (Lipinski definition) is 2. The minimum atomic E-state index is -3.67. The molecule has 1 aliphatic heterocycles. The standard InChI is InChI=1S/C19H19ClN2O4S2/c1-2-16-19(24)22-15-11-14(6-7-17(15)27-16)28(25,26)9-8-18(23)21-13-5-3-4-12(20)10-13/h3-7,10-11,16H,2,8-9H2,1H3,(H,21,23)(H,22,24). The smallest absolute Gasteiger partial charge is 0.237 e. The number of rotatable bonds is 6. The molecule has 2 N–H and O–H groups in total. The summed E-state index contributed by atoms with van der Waals surface area (Å²) < 4.78 is 25.2. The molecule has 0 radical (unpaired) electrons. The monoisotopic (exact) mass is 438 g/mol. The number of benzene rings is 2. The fraction of sp³-hybridized carbons (Fsp3) is 0.263. The average molecular weight is 439 g/mol. The summed E-state index contributed by atoms with van der Waals surface area (Å²) in [6.45, 7) is 1.93. The number of amides is 2. The maximum atomic E-state index is 12.6. The van der Waals surface area contributed by atoms with E-state index in [4.69, 9.17) is 11.6 Å². The highest BCUT2D eigenvalue weighted by Gasteiger charge is 2.27. The van der Waals surface area contributed by atoms with Crippen LogP contribution in [0.4, 0.5) is 11.4 Å². The third kappa shape index (κ3) is 4.87. The molecule has 0 aliphatic carbocycles. The summed E-state index contributed by atoms with van der Waals surface area (Å²) in [4.78, 5) is 25.0. The Morgan fingerprint density at radius 1 is 1.25 bits per heavy atom. The normalized spacial score (nSPS) is 16.2. The Kier molecular flexibility index (Phi) is 6.32. The number of fused-ring (bicyclic) bond motifs is 1. The van der Waals surface area contributed by atoms with Crippen molar-refractivity contribution in [3.05, 3.63) is 47.5 Å². The molecule has 2 aromatic carbocycles. The third-order valence-corrected chi connectivity index (χ3v) is 7.60. The molecular weight excluding hydrogens is 420 g/mol. The van der Waals surface area contributed by atoms with Crippen molar-refractivity contribution in [3.63, 3.8) is 0 Å². The van der Waals surface area contributed by atoms with Gasteiger partial charge in [0.25, 0.3) is 0 Å². The summed E-state index contributed by atoms with van der Waals surface area (Å²) in [6, 6.07) is 11.3. The van der Waals surface area contributed by atoms with Crippen LogP contribution in [0.5, 0.6) is 0 Å². The number of nitrogens with one attached hydrogen (secondary N) is 2. The van der Waals surface area contributed by atoms with Gasteiger partial charge in [0.1, 0.15) is 0 Å². The van der Waals surface area contributed by atoms with Gasteiger partial charge >= 0.3 is 0 Å². The second-order valence-electron chi connectivity index (χ2n) is 6.29.